The van der Waals surface area contributed by atoms with Crippen LogP contribution in [-0.2, 0) is 31.1 Å². The summed E-state index contributed by atoms with van der Waals surface area (Å²) >= 11 is 1.50. The van der Waals surface area contributed by atoms with Gasteiger partial charge in [0, 0.05) is 24.0 Å². The van der Waals surface area contributed by atoms with Crippen LogP contribution in [0.2, 0.25) is 0 Å². The molecule has 1 aliphatic carbocycles. The minimum Gasteiger partial charge on any atom is -0.477 e. The Balaban J connectivity index is 1.09. The summed E-state index contributed by atoms with van der Waals surface area (Å²) in [5, 5.41) is 19.9. The molecule has 5 aliphatic rings. The van der Waals surface area contributed by atoms with Crippen LogP contribution in [0.3, 0.4) is 0 Å². The number of nitrogens with zero attached hydrogens (tertiary/aromatic N) is 5. The van der Waals surface area contributed by atoms with E-state index in [0.717, 1.165) is 37.2 Å². The van der Waals surface area contributed by atoms with Gasteiger partial charge in [0.2, 0.25) is 0 Å². The molecule has 43 heavy (non-hydrogen) atoms. The Kier molecular flexibility index (Phi) is 8.22. The minimum absolute atomic E-state index is 0.0266. The van der Waals surface area contributed by atoms with E-state index in [2.05, 4.69) is 15.8 Å². The number of carbonyl (C=O) groups excluding carboxylic acids is 3. The second-order valence-electron chi connectivity index (χ2n) is 11.3. The number of allylic oxidation sites excluding steroid dienone is 2. The standard InChI is InChI=1S/C28H34N8O6S/c1-33-11-3-2-7-22(33)34-12-10-17(26(34)38)13-16-8-9-19-23(27(39)35(19)24(16)28(40)41)32-21(37)14-31-42-20-6-4-5-18(20)25-30-15-43-36(25)29/h2-3,7,11,13-14,18-20,23,25,30H,4-6,8-10,12,15,29H2,1H3,(H-,32,37,40,41)/p+1/b17-13+,31-14-/t18?,19-,20?,23+,25?/m1/s1. The summed E-state index contributed by atoms with van der Waals surface area (Å²) in [7, 11) is 1.86. The molecule has 6 rings (SSSR count). The molecule has 4 fully saturated rings. The molecule has 0 radical (unpaired) electrons. The number of hydrazine groups is 1. The highest BCUT2D eigenvalue weighted by Crippen LogP contribution is 2.38. The van der Waals surface area contributed by atoms with Gasteiger partial charge in [-0.15, -0.1) is 0 Å². The third-order valence-electron chi connectivity index (χ3n) is 8.81. The van der Waals surface area contributed by atoms with Gasteiger partial charge in [0.1, 0.15) is 24.1 Å². The van der Waals surface area contributed by atoms with Crippen molar-refractivity contribution in [1.82, 2.24) is 19.9 Å². The van der Waals surface area contributed by atoms with E-state index in [9.17, 15) is 24.3 Å². The zero-order valence-electron chi connectivity index (χ0n) is 23.7. The van der Waals surface area contributed by atoms with Crippen LogP contribution in [0.5, 0.6) is 0 Å². The Labute approximate surface area is 252 Å². The molecule has 1 saturated carbocycles. The highest BCUT2D eigenvalue weighted by Gasteiger charge is 2.53. The number of aromatic nitrogens is 1. The Morgan fingerprint density at radius 3 is 2.84 bits per heavy atom. The normalized spacial score (nSPS) is 30.4. The van der Waals surface area contributed by atoms with Gasteiger partial charge in [-0.05, 0) is 61.8 Å². The number of amides is 3. The predicted octanol–water partition coefficient (Wildman–Crippen LogP) is -0.116. The number of fused-ring (bicyclic) bond motifs is 1. The van der Waals surface area contributed by atoms with Gasteiger partial charge < -0.3 is 15.3 Å². The monoisotopic (exact) mass is 611 g/mol. The van der Waals surface area contributed by atoms with Crippen molar-refractivity contribution >= 4 is 47.7 Å². The number of rotatable bonds is 8. The van der Waals surface area contributed by atoms with Crippen molar-refractivity contribution in [2.45, 2.75) is 62.9 Å². The number of β-lactam (4-membered cyclic amide) rings is 1. The first-order chi connectivity index (χ1) is 20.7. The number of pyridine rings is 1. The van der Waals surface area contributed by atoms with Crippen molar-refractivity contribution in [2.24, 2.45) is 24.0 Å². The van der Waals surface area contributed by atoms with Crippen LogP contribution in [-0.4, -0.2) is 81.1 Å². The van der Waals surface area contributed by atoms with Gasteiger partial charge in [0.25, 0.3) is 17.6 Å². The summed E-state index contributed by atoms with van der Waals surface area (Å²) < 4.78 is 3.54. The molecule has 3 amide bonds. The molecule has 4 aliphatic heterocycles. The largest absolute Gasteiger partial charge is 0.477 e. The maximum atomic E-state index is 13.2. The molecule has 14 nitrogen and oxygen atoms in total. The van der Waals surface area contributed by atoms with Gasteiger partial charge >= 0.3 is 11.9 Å². The molecule has 5 atom stereocenters. The first kappa shape index (κ1) is 29.3. The average Bonchev–Trinajstić information content (AvgIpc) is 3.72. The van der Waals surface area contributed by atoms with Crippen LogP contribution in [0.15, 0.2) is 52.5 Å². The third-order valence-corrected chi connectivity index (χ3v) is 9.63. The minimum atomic E-state index is -1.25. The SMILES string of the molecule is C[n+]1ccccc1N1CC/C(=C\C2=C(C(=O)O)N3C(=O)[C@@H](NC(=O)/C=N\OC4CCCC4C4NCSN4N)[C@H]3CC2)C1=O. The zero-order chi connectivity index (χ0) is 30.2. The number of oxime groups is 1. The quantitative estimate of drug-likeness (QED) is 0.0591. The topological polar surface area (TPSA) is 174 Å². The summed E-state index contributed by atoms with van der Waals surface area (Å²) in [4.78, 5) is 59.7. The third kappa shape index (κ3) is 5.53. The van der Waals surface area contributed by atoms with E-state index in [-0.39, 0.29) is 29.8 Å². The molecule has 0 bridgehead atoms. The van der Waals surface area contributed by atoms with E-state index in [1.165, 1.54) is 16.8 Å². The molecule has 15 heteroatoms. The van der Waals surface area contributed by atoms with Crippen molar-refractivity contribution in [3.05, 3.63) is 47.3 Å². The van der Waals surface area contributed by atoms with E-state index in [4.69, 9.17) is 10.7 Å². The summed E-state index contributed by atoms with van der Waals surface area (Å²) in [6.45, 7) is 0.478. The molecule has 3 unspecified atom stereocenters. The maximum Gasteiger partial charge on any atom is 0.352 e. The smallest absolute Gasteiger partial charge is 0.352 e. The Hall–Kier alpha value is -3.79. The lowest BCUT2D eigenvalue weighted by Crippen LogP contribution is -2.71. The summed E-state index contributed by atoms with van der Waals surface area (Å²) in [5.41, 5.74) is 0.778. The molecular weight excluding hydrogens is 576 g/mol. The fourth-order valence-corrected chi connectivity index (χ4v) is 7.49. The number of aliphatic carboxylic acids is 1. The van der Waals surface area contributed by atoms with Gasteiger partial charge in [0.15, 0.2) is 0 Å². The molecule has 1 aromatic rings. The molecule has 5 heterocycles. The maximum absolute atomic E-state index is 13.2. The summed E-state index contributed by atoms with van der Waals surface area (Å²) in [6, 6.07) is 4.21. The number of hydrogen-bond acceptors (Lipinski definition) is 10. The number of carbonyl (C=O) groups is 4. The number of hydrogen-bond donors (Lipinski definition) is 4. The van der Waals surface area contributed by atoms with Gasteiger partial charge in [-0.2, -0.15) is 9.31 Å². The fourth-order valence-electron chi connectivity index (χ4n) is 6.70. The fraction of sp³-hybridized carbons (Fsp3) is 0.500. The van der Waals surface area contributed by atoms with Gasteiger partial charge in [-0.1, -0.05) is 11.2 Å². The van der Waals surface area contributed by atoms with Crippen molar-refractivity contribution in [3.8, 4) is 0 Å². The summed E-state index contributed by atoms with van der Waals surface area (Å²) in [6.07, 6.45) is 8.24. The summed E-state index contributed by atoms with van der Waals surface area (Å²) in [5.74, 6) is 5.09. The number of anilines is 1. The number of nitrogens with one attached hydrogen (secondary N) is 2. The van der Waals surface area contributed by atoms with Crippen LogP contribution in [0.25, 0.3) is 0 Å². The van der Waals surface area contributed by atoms with Gasteiger partial charge in [-0.25, -0.2) is 14.2 Å². The van der Waals surface area contributed by atoms with Crippen molar-refractivity contribution < 1.29 is 33.7 Å². The first-order valence-electron chi connectivity index (χ1n) is 14.4. The molecule has 5 N–H and O–H groups in total. The van der Waals surface area contributed by atoms with E-state index in [1.54, 1.807) is 15.4 Å². The van der Waals surface area contributed by atoms with Crippen LogP contribution < -0.4 is 25.9 Å². The molecule has 0 spiro atoms. The molecule has 3 saturated heterocycles. The van der Waals surface area contributed by atoms with E-state index in [0.29, 0.717) is 37.0 Å². The Morgan fingerprint density at radius 1 is 1.26 bits per heavy atom. The van der Waals surface area contributed by atoms with Crippen molar-refractivity contribution in [3.63, 3.8) is 0 Å². The van der Waals surface area contributed by atoms with Crippen LogP contribution in [0.1, 0.15) is 38.5 Å². The predicted molar refractivity (Wildman–Crippen MR) is 155 cm³/mol. The van der Waals surface area contributed by atoms with Gasteiger partial charge in [-0.3, -0.25) is 25.6 Å². The lowest BCUT2D eigenvalue weighted by molar-refractivity contribution is -0.658. The molecule has 1 aromatic heterocycles. The zero-order valence-corrected chi connectivity index (χ0v) is 24.5. The number of aryl methyl sites for hydroxylation is 1. The number of carboxylic acids is 1. The van der Waals surface area contributed by atoms with Crippen molar-refractivity contribution in [2.75, 3.05) is 17.3 Å². The molecular formula is C28H35N8O6S+. The highest BCUT2D eigenvalue weighted by atomic mass is 32.2. The second-order valence-corrected chi connectivity index (χ2v) is 12.2. The average molecular weight is 612 g/mol. The Bertz CT molecular complexity index is 1430. The molecule has 228 valence electrons. The first-order valence-corrected chi connectivity index (χ1v) is 15.4. The lowest BCUT2D eigenvalue weighted by Gasteiger charge is -2.49. The van der Waals surface area contributed by atoms with E-state index in [1.807, 2.05) is 36.0 Å². The van der Waals surface area contributed by atoms with E-state index >= 15 is 0 Å². The Morgan fingerprint density at radius 2 is 2.09 bits per heavy atom. The van der Waals surface area contributed by atoms with Crippen LogP contribution in [0.4, 0.5) is 5.82 Å². The number of nitrogens with two attached hydrogens (primary N) is 1. The van der Waals surface area contributed by atoms with Gasteiger partial charge in [0.05, 0.1) is 37.9 Å². The molecule has 0 aromatic carbocycles. The lowest BCUT2D eigenvalue weighted by atomic mass is 9.83. The number of carboxylic acid groups (broad SMARTS) is 1. The van der Waals surface area contributed by atoms with Crippen molar-refractivity contribution in [1.29, 1.82) is 0 Å². The van der Waals surface area contributed by atoms with Crippen LogP contribution in [0, 0.1) is 5.92 Å². The highest BCUT2D eigenvalue weighted by molar-refractivity contribution is 7.97. The van der Waals surface area contributed by atoms with Crippen LogP contribution >= 0.6 is 11.9 Å². The second kappa shape index (κ2) is 12.1. The van der Waals surface area contributed by atoms with E-state index < -0.39 is 29.9 Å².